The first-order valence-electron chi connectivity index (χ1n) is 6.91. The predicted molar refractivity (Wildman–Crippen MR) is 78.1 cm³/mol. The fourth-order valence-electron chi connectivity index (χ4n) is 2.79. The molecule has 0 bridgehead atoms. The van der Waals surface area contributed by atoms with Crippen molar-refractivity contribution in [1.82, 2.24) is 0 Å². The van der Waals surface area contributed by atoms with Crippen LogP contribution in [0.15, 0.2) is 23.1 Å². The highest BCUT2D eigenvalue weighted by Crippen LogP contribution is 2.27. The minimum absolute atomic E-state index is 0.750. The van der Waals surface area contributed by atoms with E-state index in [0.717, 1.165) is 34.2 Å². The minimum Gasteiger partial charge on any atom is -0.399 e. The molecule has 0 aliphatic heterocycles. The highest BCUT2D eigenvalue weighted by atomic mass is 32.2. The number of aryl methyl sites for hydroxylation is 1. The molecule has 0 amide bonds. The molecule has 2 rings (SSSR count). The van der Waals surface area contributed by atoms with E-state index in [2.05, 4.69) is 0 Å². The Hall–Kier alpha value is -0.830. The Morgan fingerprint density at radius 2 is 2.00 bits per heavy atom. The van der Waals surface area contributed by atoms with Gasteiger partial charge in [-0.2, -0.15) is 0 Å². The van der Waals surface area contributed by atoms with Crippen LogP contribution in [0.2, 0.25) is 0 Å². The highest BCUT2D eigenvalue weighted by Gasteiger charge is 2.15. The van der Waals surface area contributed by atoms with Crippen molar-refractivity contribution in [1.29, 1.82) is 0 Å². The van der Waals surface area contributed by atoms with Gasteiger partial charge in [-0.15, -0.1) is 0 Å². The zero-order valence-electron chi connectivity index (χ0n) is 11.2. The molecular formula is C15H23NOS. The number of benzene rings is 1. The van der Waals surface area contributed by atoms with Crippen molar-refractivity contribution in [3.8, 4) is 0 Å². The van der Waals surface area contributed by atoms with E-state index in [1.54, 1.807) is 0 Å². The Kier molecular flexibility index (Phi) is 4.81. The molecule has 3 heteroatoms. The molecule has 0 saturated heterocycles. The molecule has 0 heterocycles. The minimum atomic E-state index is -0.860. The Morgan fingerprint density at radius 3 is 2.67 bits per heavy atom. The largest absolute Gasteiger partial charge is 0.399 e. The lowest BCUT2D eigenvalue weighted by atomic mass is 9.88. The van der Waals surface area contributed by atoms with Gasteiger partial charge in [0.25, 0.3) is 0 Å². The number of hydrogen-bond acceptors (Lipinski definition) is 2. The van der Waals surface area contributed by atoms with E-state index < -0.39 is 10.8 Å². The van der Waals surface area contributed by atoms with Crippen LogP contribution < -0.4 is 5.73 Å². The molecule has 1 aliphatic carbocycles. The lowest BCUT2D eigenvalue weighted by molar-refractivity contribution is 0.351. The third kappa shape index (κ3) is 3.58. The van der Waals surface area contributed by atoms with Crippen molar-refractivity contribution in [3.05, 3.63) is 23.8 Å². The molecule has 0 spiro atoms. The van der Waals surface area contributed by atoms with Crippen LogP contribution in [0, 0.1) is 12.8 Å². The maximum Gasteiger partial charge on any atom is 0.0532 e. The molecule has 100 valence electrons. The van der Waals surface area contributed by atoms with Crippen molar-refractivity contribution in [2.75, 3.05) is 11.5 Å². The summed E-state index contributed by atoms with van der Waals surface area (Å²) in [7, 11) is -0.860. The molecule has 1 unspecified atom stereocenters. The standard InChI is InChI=1S/C15H23NOS/c1-12-11-14(16)7-8-15(12)18(17)10-9-13-5-3-2-4-6-13/h7-8,11,13H,2-6,9-10,16H2,1H3. The monoisotopic (exact) mass is 265 g/mol. The molecule has 0 aromatic heterocycles. The second-order valence-corrected chi connectivity index (χ2v) is 6.91. The molecule has 1 aromatic carbocycles. The molecule has 18 heavy (non-hydrogen) atoms. The van der Waals surface area contributed by atoms with E-state index in [-0.39, 0.29) is 0 Å². The summed E-state index contributed by atoms with van der Waals surface area (Å²) in [5.74, 6) is 1.60. The maximum absolute atomic E-state index is 12.3. The first-order chi connectivity index (χ1) is 8.66. The predicted octanol–water partition coefficient (Wildman–Crippen LogP) is 3.66. The van der Waals surface area contributed by atoms with E-state index in [4.69, 9.17) is 5.73 Å². The summed E-state index contributed by atoms with van der Waals surface area (Å²) in [6, 6.07) is 5.68. The van der Waals surface area contributed by atoms with Gasteiger partial charge >= 0.3 is 0 Å². The second kappa shape index (κ2) is 6.37. The molecule has 1 fully saturated rings. The Labute approximate surface area is 112 Å². The number of anilines is 1. The molecule has 1 atom stereocenters. The van der Waals surface area contributed by atoms with Crippen LogP contribution >= 0.6 is 0 Å². The summed E-state index contributed by atoms with van der Waals surface area (Å²) >= 11 is 0. The maximum atomic E-state index is 12.3. The van der Waals surface area contributed by atoms with E-state index in [9.17, 15) is 4.21 Å². The highest BCUT2D eigenvalue weighted by molar-refractivity contribution is 7.85. The normalized spacial score (nSPS) is 18.7. The SMILES string of the molecule is Cc1cc(N)ccc1S(=O)CCC1CCCCC1. The van der Waals surface area contributed by atoms with Crippen molar-refractivity contribution in [2.45, 2.75) is 50.3 Å². The lowest BCUT2D eigenvalue weighted by Gasteiger charge is -2.21. The van der Waals surface area contributed by atoms with Gasteiger partial charge in [0.15, 0.2) is 0 Å². The van der Waals surface area contributed by atoms with Gasteiger partial charge in [-0.25, -0.2) is 0 Å². The van der Waals surface area contributed by atoms with Gasteiger partial charge in [-0.3, -0.25) is 4.21 Å². The quantitative estimate of drug-likeness (QED) is 0.844. The third-order valence-corrected chi connectivity index (χ3v) is 5.44. The van der Waals surface area contributed by atoms with Crippen LogP contribution in [-0.4, -0.2) is 9.96 Å². The van der Waals surface area contributed by atoms with Gasteiger partial charge < -0.3 is 5.73 Å². The van der Waals surface area contributed by atoms with Crippen molar-refractivity contribution in [2.24, 2.45) is 5.92 Å². The van der Waals surface area contributed by atoms with Gasteiger partial charge in [0.2, 0.25) is 0 Å². The van der Waals surface area contributed by atoms with Crippen molar-refractivity contribution in [3.63, 3.8) is 0 Å². The van der Waals surface area contributed by atoms with E-state index >= 15 is 0 Å². The van der Waals surface area contributed by atoms with E-state index in [1.807, 2.05) is 25.1 Å². The van der Waals surface area contributed by atoms with Crippen LogP contribution in [-0.2, 0) is 10.8 Å². The fraction of sp³-hybridized carbons (Fsp3) is 0.600. The summed E-state index contributed by atoms with van der Waals surface area (Å²) in [5.41, 5.74) is 7.52. The van der Waals surface area contributed by atoms with Crippen LogP contribution in [0.3, 0.4) is 0 Å². The number of rotatable bonds is 4. The van der Waals surface area contributed by atoms with Gasteiger partial charge in [0.1, 0.15) is 0 Å². The lowest BCUT2D eigenvalue weighted by Crippen LogP contribution is -2.11. The van der Waals surface area contributed by atoms with Gasteiger partial charge in [-0.05, 0) is 43.0 Å². The molecule has 0 radical (unpaired) electrons. The van der Waals surface area contributed by atoms with Crippen LogP contribution in [0.4, 0.5) is 5.69 Å². The summed E-state index contributed by atoms with van der Waals surface area (Å²) in [6.45, 7) is 1.99. The Bertz CT molecular complexity index is 425. The number of nitrogens with two attached hydrogens (primary N) is 1. The van der Waals surface area contributed by atoms with Crippen molar-refractivity contribution < 1.29 is 4.21 Å². The van der Waals surface area contributed by atoms with E-state index in [1.165, 1.54) is 32.1 Å². The van der Waals surface area contributed by atoms with Gasteiger partial charge in [0, 0.05) is 16.3 Å². The average molecular weight is 265 g/mol. The number of hydrogen-bond donors (Lipinski definition) is 1. The third-order valence-electron chi connectivity index (χ3n) is 3.88. The summed E-state index contributed by atoms with van der Waals surface area (Å²) in [5, 5.41) is 0. The zero-order valence-corrected chi connectivity index (χ0v) is 12.0. The molecule has 1 aromatic rings. The topological polar surface area (TPSA) is 43.1 Å². The zero-order chi connectivity index (χ0) is 13.0. The molecule has 2 nitrogen and oxygen atoms in total. The Balaban J connectivity index is 1.90. The second-order valence-electron chi connectivity index (χ2n) is 5.37. The first kappa shape index (κ1) is 13.6. The summed E-state index contributed by atoms with van der Waals surface area (Å²) < 4.78 is 12.3. The molecule has 2 N–H and O–H groups in total. The first-order valence-corrected chi connectivity index (χ1v) is 8.23. The summed E-state index contributed by atoms with van der Waals surface area (Å²) in [4.78, 5) is 0.958. The molecular weight excluding hydrogens is 242 g/mol. The fourth-order valence-corrected chi connectivity index (χ4v) is 4.19. The smallest absolute Gasteiger partial charge is 0.0532 e. The number of nitrogen functional groups attached to an aromatic ring is 1. The van der Waals surface area contributed by atoms with Crippen LogP contribution in [0.1, 0.15) is 44.1 Å². The van der Waals surface area contributed by atoms with Crippen molar-refractivity contribution >= 4 is 16.5 Å². The van der Waals surface area contributed by atoms with Crippen LogP contribution in [0.25, 0.3) is 0 Å². The van der Waals surface area contributed by atoms with Crippen LogP contribution in [0.5, 0.6) is 0 Å². The van der Waals surface area contributed by atoms with Gasteiger partial charge in [-0.1, -0.05) is 32.1 Å². The Morgan fingerprint density at radius 1 is 1.28 bits per heavy atom. The van der Waals surface area contributed by atoms with E-state index in [0.29, 0.717) is 0 Å². The van der Waals surface area contributed by atoms with Gasteiger partial charge in [0.05, 0.1) is 10.8 Å². The molecule has 1 saturated carbocycles. The summed E-state index contributed by atoms with van der Waals surface area (Å²) in [6.07, 6.45) is 7.87. The molecule has 1 aliphatic rings. The average Bonchev–Trinajstić information content (AvgIpc) is 2.37.